The summed E-state index contributed by atoms with van der Waals surface area (Å²) in [5, 5.41) is 9.01. The number of rotatable bonds is 5. The van der Waals surface area contributed by atoms with Crippen molar-refractivity contribution >= 4 is 11.9 Å². The molecule has 1 unspecified atom stereocenters. The predicted octanol–water partition coefficient (Wildman–Crippen LogP) is 1.46. The first-order valence-electron chi connectivity index (χ1n) is 5.09. The van der Waals surface area contributed by atoms with Crippen LogP contribution in [0.2, 0.25) is 0 Å². The van der Waals surface area contributed by atoms with Crippen molar-refractivity contribution in [2.24, 2.45) is 5.41 Å². The number of carbonyl (C=O) groups is 2. The van der Waals surface area contributed by atoms with Crippen molar-refractivity contribution in [3.8, 4) is 0 Å². The molecule has 0 spiro atoms. The van der Waals surface area contributed by atoms with E-state index in [1.807, 2.05) is 20.8 Å². The van der Waals surface area contributed by atoms with Crippen LogP contribution in [0.15, 0.2) is 0 Å². The van der Waals surface area contributed by atoms with E-state index >= 15 is 0 Å². The summed E-state index contributed by atoms with van der Waals surface area (Å²) in [7, 11) is 1.17. The van der Waals surface area contributed by atoms with Gasteiger partial charge in [0, 0.05) is 6.61 Å². The van der Waals surface area contributed by atoms with E-state index in [4.69, 9.17) is 9.84 Å². The van der Waals surface area contributed by atoms with Gasteiger partial charge < -0.3 is 14.6 Å². The van der Waals surface area contributed by atoms with Gasteiger partial charge in [0.15, 0.2) is 5.41 Å². The van der Waals surface area contributed by atoms with E-state index in [0.717, 1.165) is 0 Å². The molecule has 0 saturated heterocycles. The lowest BCUT2D eigenvalue weighted by Gasteiger charge is -2.25. The van der Waals surface area contributed by atoms with E-state index in [2.05, 4.69) is 4.74 Å². The number of hydrogen-bond donors (Lipinski definition) is 1. The summed E-state index contributed by atoms with van der Waals surface area (Å²) in [6.07, 6.45) is 0.0896. The molecule has 0 bridgehead atoms. The number of aliphatic carboxylic acids is 1. The zero-order valence-corrected chi connectivity index (χ0v) is 10.5. The van der Waals surface area contributed by atoms with Gasteiger partial charge in [-0.25, -0.2) is 0 Å². The second-order valence-corrected chi connectivity index (χ2v) is 4.84. The molecular weight excluding hydrogens is 212 g/mol. The standard InChI is InChI=1S/C11H20O5/c1-10(2,3)16-7-6-11(4,8(12)13)9(14)15-5/h6-7H2,1-5H3,(H,12,13). The van der Waals surface area contributed by atoms with Crippen LogP contribution in [-0.2, 0) is 19.1 Å². The van der Waals surface area contributed by atoms with Gasteiger partial charge in [0.1, 0.15) is 0 Å². The SMILES string of the molecule is COC(=O)C(C)(CCOC(C)(C)C)C(=O)O. The van der Waals surface area contributed by atoms with Crippen molar-refractivity contribution in [3.05, 3.63) is 0 Å². The average Bonchev–Trinajstić information content (AvgIpc) is 2.13. The average molecular weight is 232 g/mol. The maximum absolute atomic E-state index is 11.4. The van der Waals surface area contributed by atoms with Crippen LogP contribution < -0.4 is 0 Å². The predicted molar refractivity (Wildman–Crippen MR) is 58.1 cm³/mol. The van der Waals surface area contributed by atoms with Gasteiger partial charge in [0.2, 0.25) is 0 Å². The van der Waals surface area contributed by atoms with Crippen LogP contribution >= 0.6 is 0 Å². The number of esters is 1. The maximum atomic E-state index is 11.4. The molecular formula is C11H20O5. The monoisotopic (exact) mass is 232 g/mol. The molecule has 0 radical (unpaired) electrons. The second-order valence-electron chi connectivity index (χ2n) is 4.84. The topological polar surface area (TPSA) is 72.8 Å². The molecule has 0 aromatic carbocycles. The van der Waals surface area contributed by atoms with E-state index in [9.17, 15) is 9.59 Å². The Morgan fingerprint density at radius 1 is 1.19 bits per heavy atom. The molecule has 0 fully saturated rings. The van der Waals surface area contributed by atoms with Crippen molar-refractivity contribution in [1.82, 2.24) is 0 Å². The van der Waals surface area contributed by atoms with Gasteiger partial charge in [0.05, 0.1) is 12.7 Å². The molecule has 5 heteroatoms. The molecule has 94 valence electrons. The lowest BCUT2D eigenvalue weighted by molar-refractivity contribution is -0.168. The molecule has 0 saturated carbocycles. The summed E-state index contributed by atoms with van der Waals surface area (Å²) in [5.41, 5.74) is -1.89. The Morgan fingerprint density at radius 3 is 2.00 bits per heavy atom. The Bertz CT molecular complexity index is 266. The zero-order valence-electron chi connectivity index (χ0n) is 10.5. The Labute approximate surface area is 95.7 Å². The fourth-order valence-electron chi connectivity index (χ4n) is 1.08. The third kappa shape index (κ3) is 4.18. The van der Waals surface area contributed by atoms with Crippen LogP contribution in [0.4, 0.5) is 0 Å². The number of ether oxygens (including phenoxy) is 2. The summed E-state index contributed by atoms with van der Waals surface area (Å²) in [6.45, 7) is 7.13. The van der Waals surface area contributed by atoms with Crippen molar-refractivity contribution in [1.29, 1.82) is 0 Å². The molecule has 0 aliphatic heterocycles. The molecule has 1 N–H and O–H groups in total. The molecule has 0 aliphatic rings. The van der Waals surface area contributed by atoms with Crippen molar-refractivity contribution in [2.75, 3.05) is 13.7 Å². The quantitative estimate of drug-likeness (QED) is 0.573. The highest BCUT2D eigenvalue weighted by molar-refractivity contribution is 5.98. The molecule has 0 aromatic rings. The first-order valence-corrected chi connectivity index (χ1v) is 5.09. The summed E-state index contributed by atoms with van der Waals surface area (Å²) < 4.78 is 9.88. The normalized spacial score (nSPS) is 15.3. The van der Waals surface area contributed by atoms with E-state index in [1.54, 1.807) is 0 Å². The number of carboxylic acids is 1. The fraction of sp³-hybridized carbons (Fsp3) is 0.818. The molecule has 0 amide bonds. The van der Waals surface area contributed by atoms with Crippen LogP contribution in [0.25, 0.3) is 0 Å². The summed E-state index contributed by atoms with van der Waals surface area (Å²) in [6, 6.07) is 0. The van der Waals surface area contributed by atoms with Gasteiger partial charge in [-0.05, 0) is 34.1 Å². The molecule has 0 aromatic heterocycles. The molecule has 0 heterocycles. The van der Waals surface area contributed by atoms with Crippen LogP contribution in [-0.4, -0.2) is 36.4 Å². The molecule has 1 atom stereocenters. The lowest BCUT2D eigenvalue weighted by Crippen LogP contribution is -2.39. The largest absolute Gasteiger partial charge is 0.480 e. The zero-order chi connectivity index (χ0) is 13.0. The van der Waals surface area contributed by atoms with Crippen molar-refractivity contribution in [2.45, 2.75) is 39.7 Å². The Kier molecular flexibility index (Phi) is 4.93. The second kappa shape index (κ2) is 5.30. The van der Waals surface area contributed by atoms with E-state index in [-0.39, 0.29) is 18.6 Å². The van der Waals surface area contributed by atoms with Crippen molar-refractivity contribution < 1.29 is 24.2 Å². The third-order valence-electron chi connectivity index (χ3n) is 2.25. The summed E-state index contributed by atoms with van der Waals surface area (Å²) in [4.78, 5) is 22.4. The first-order chi connectivity index (χ1) is 7.13. The minimum atomic E-state index is -1.54. The minimum Gasteiger partial charge on any atom is -0.480 e. The van der Waals surface area contributed by atoms with Crippen LogP contribution in [0, 0.1) is 5.41 Å². The smallest absolute Gasteiger partial charge is 0.323 e. The molecule has 5 nitrogen and oxygen atoms in total. The van der Waals surface area contributed by atoms with Gasteiger partial charge in [0.25, 0.3) is 0 Å². The minimum absolute atomic E-state index is 0.0896. The van der Waals surface area contributed by atoms with Gasteiger partial charge in [-0.15, -0.1) is 0 Å². The van der Waals surface area contributed by atoms with Gasteiger partial charge in [-0.2, -0.15) is 0 Å². The molecule has 16 heavy (non-hydrogen) atoms. The highest BCUT2D eigenvalue weighted by Gasteiger charge is 2.42. The Morgan fingerprint density at radius 2 is 1.69 bits per heavy atom. The van der Waals surface area contributed by atoms with E-state index in [1.165, 1.54) is 14.0 Å². The maximum Gasteiger partial charge on any atom is 0.323 e. The number of carboxylic acid groups (broad SMARTS) is 1. The van der Waals surface area contributed by atoms with Crippen LogP contribution in [0.5, 0.6) is 0 Å². The molecule has 0 rings (SSSR count). The Balaban J connectivity index is 4.48. The van der Waals surface area contributed by atoms with Crippen LogP contribution in [0.3, 0.4) is 0 Å². The molecule has 0 aliphatic carbocycles. The first kappa shape index (κ1) is 14.9. The van der Waals surface area contributed by atoms with Crippen LogP contribution in [0.1, 0.15) is 34.1 Å². The highest BCUT2D eigenvalue weighted by Crippen LogP contribution is 2.24. The number of carbonyl (C=O) groups excluding carboxylic acids is 1. The number of hydrogen-bond acceptors (Lipinski definition) is 4. The third-order valence-corrected chi connectivity index (χ3v) is 2.25. The van der Waals surface area contributed by atoms with Gasteiger partial charge >= 0.3 is 11.9 Å². The van der Waals surface area contributed by atoms with Gasteiger partial charge in [-0.1, -0.05) is 0 Å². The van der Waals surface area contributed by atoms with Gasteiger partial charge in [-0.3, -0.25) is 9.59 Å². The Hall–Kier alpha value is -1.10. The lowest BCUT2D eigenvalue weighted by atomic mass is 9.87. The van der Waals surface area contributed by atoms with E-state index < -0.39 is 17.4 Å². The number of methoxy groups -OCH3 is 1. The summed E-state index contributed by atoms with van der Waals surface area (Å²) in [5.74, 6) is -1.95. The fourth-order valence-corrected chi connectivity index (χ4v) is 1.08. The van der Waals surface area contributed by atoms with E-state index in [0.29, 0.717) is 0 Å². The highest BCUT2D eigenvalue weighted by atomic mass is 16.5. The summed E-state index contributed by atoms with van der Waals surface area (Å²) >= 11 is 0. The van der Waals surface area contributed by atoms with Crippen molar-refractivity contribution in [3.63, 3.8) is 0 Å².